The molecule has 118 valence electrons. The van der Waals surface area contributed by atoms with E-state index in [1.165, 1.54) is 24.0 Å². The second-order valence-corrected chi connectivity index (χ2v) is 5.78. The highest BCUT2D eigenvalue weighted by atomic mass is 19.1. The van der Waals surface area contributed by atoms with Gasteiger partial charge in [-0.05, 0) is 35.9 Å². The molecule has 2 aromatic carbocycles. The molecule has 1 aromatic heterocycles. The normalized spacial score (nSPS) is 10.8. The minimum atomic E-state index is -0.281. The van der Waals surface area contributed by atoms with Gasteiger partial charge in [0, 0.05) is 38.8 Å². The monoisotopic (exact) mass is 310 g/mol. The SMILES string of the molecule is CN(C)c1cccc(CN(C)c2ncnc3ccc(F)cc23)c1. The maximum absolute atomic E-state index is 13.6. The van der Waals surface area contributed by atoms with Gasteiger partial charge in [0.15, 0.2) is 0 Å². The first kappa shape index (κ1) is 15.2. The lowest BCUT2D eigenvalue weighted by Crippen LogP contribution is -2.18. The van der Waals surface area contributed by atoms with Crippen LogP contribution in [0, 0.1) is 5.82 Å². The van der Waals surface area contributed by atoms with Crippen LogP contribution in [0.4, 0.5) is 15.9 Å². The summed E-state index contributed by atoms with van der Waals surface area (Å²) < 4.78 is 13.6. The van der Waals surface area contributed by atoms with Gasteiger partial charge in [-0.3, -0.25) is 0 Å². The van der Waals surface area contributed by atoms with E-state index in [0.29, 0.717) is 6.54 Å². The number of anilines is 2. The third-order valence-corrected chi connectivity index (χ3v) is 3.78. The zero-order valence-electron chi connectivity index (χ0n) is 13.5. The maximum atomic E-state index is 13.6. The van der Waals surface area contributed by atoms with Crippen LogP contribution in [0.25, 0.3) is 10.9 Å². The van der Waals surface area contributed by atoms with Crippen LogP contribution < -0.4 is 9.80 Å². The average Bonchev–Trinajstić information content (AvgIpc) is 2.54. The van der Waals surface area contributed by atoms with Gasteiger partial charge in [0.05, 0.1) is 5.52 Å². The molecule has 0 aliphatic carbocycles. The molecule has 0 N–H and O–H groups in total. The lowest BCUT2D eigenvalue weighted by molar-refractivity contribution is 0.629. The van der Waals surface area contributed by atoms with Crippen molar-refractivity contribution in [1.29, 1.82) is 0 Å². The number of hydrogen-bond acceptors (Lipinski definition) is 4. The molecule has 23 heavy (non-hydrogen) atoms. The highest BCUT2D eigenvalue weighted by Gasteiger charge is 2.10. The Kier molecular flexibility index (Phi) is 4.10. The predicted octanol–water partition coefficient (Wildman–Crippen LogP) is 3.47. The van der Waals surface area contributed by atoms with Crippen molar-refractivity contribution in [2.75, 3.05) is 30.9 Å². The molecule has 3 aromatic rings. The predicted molar refractivity (Wildman–Crippen MR) is 92.4 cm³/mol. The Labute approximate surface area is 135 Å². The second-order valence-electron chi connectivity index (χ2n) is 5.78. The molecule has 0 saturated heterocycles. The number of nitrogens with zero attached hydrogens (tertiary/aromatic N) is 4. The van der Waals surface area contributed by atoms with Crippen LogP contribution in [0.15, 0.2) is 48.8 Å². The van der Waals surface area contributed by atoms with Gasteiger partial charge < -0.3 is 9.80 Å². The third-order valence-electron chi connectivity index (χ3n) is 3.78. The number of fused-ring (bicyclic) bond motifs is 1. The van der Waals surface area contributed by atoms with Crippen LogP contribution >= 0.6 is 0 Å². The quantitative estimate of drug-likeness (QED) is 0.738. The number of aromatic nitrogens is 2. The zero-order chi connectivity index (χ0) is 16.4. The van der Waals surface area contributed by atoms with Gasteiger partial charge in [-0.15, -0.1) is 0 Å². The summed E-state index contributed by atoms with van der Waals surface area (Å²) in [5.41, 5.74) is 3.06. The second kappa shape index (κ2) is 6.20. The first-order chi connectivity index (χ1) is 11.0. The molecule has 0 bridgehead atoms. The molecule has 4 nitrogen and oxygen atoms in total. The van der Waals surface area contributed by atoms with E-state index in [4.69, 9.17) is 0 Å². The summed E-state index contributed by atoms with van der Waals surface area (Å²) in [4.78, 5) is 12.6. The fourth-order valence-corrected chi connectivity index (χ4v) is 2.60. The first-order valence-electron chi connectivity index (χ1n) is 7.42. The Morgan fingerprint density at radius 3 is 2.61 bits per heavy atom. The van der Waals surface area contributed by atoms with Gasteiger partial charge in [0.1, 0.15) is 18.0 Å². The summed E-state index contributed by atoms with van der Waals surface area (Å²) in [7, 11) is 5.99. The molecule has 0 spiro atoms. The van der Waals surface area contributed by atoms with Gasteiger partial charge in [0.2, 0.25) is 0 Å². The summed E-state index contributed by atoms with van der Waals surface area (Å²) >= 11 is 0. The van der Waals surface area contributed by atoms with Crippen molar-refractivity contribution in [1.82, 2.24) is 9.97 Å². The third kappa shape index (κ3) is 3.23. The summed E-state index contributed by atoms with van der Waals surface area (Å²) in [6, 6.07) is 12.9. The van der Waals surface area contributed by atoms with Crippen LogP contribution in [0.3, 0.4) is 0 Å². The number of halogens is 1. The van der Waals surface area contributed by atoms with E-state index in [-0.39, 0.29) is 5.82 Å². The van der Waals surface area contributed by atoms with Gasteiger partial charge >= 0.3 is 0 Å². The van der Waals surface area contributed by atoms with Crippen molar-refractivity contribution < 1.29 is 4.39 Å². The molecule has 5 heteroatoms. The molecule has 0 saturated carbocycles. The summed E-state index contributed by atoms with van der Waals surface area (Å²) in [6.07, 6.45) is 1.52. The molecule has 0 atom stereocenters. The zero-order valence-corrected chi connectivity index (χ0v) is 13.5. The highest BCUT2D eigenvalue weighted by Crippen LogP contribution is 2.24. The molecule has 3 rings (SSSR count). The number of benzene rings is 2. The Hall–Kier alpha value is -2.69. The molecule has 1 heterocycles. The molecular weight excluding hydrogens is 291 g/mol. The lowest BCUT2D eigenvalue weighted by atomic mass is 10.1. The van der Waals surface area contributed by atoms with E-state index >= 15 is 0 Å². The van der Waals surface area contributed by atoms with Crippen LogP contribution in [0.1, 0.15) is 5.56 Å². The van der Waals surface area contributed by atoms with E-state index in [2.05, 4.69) is 33.1 Å². The van der Waals surface area contributed by atoms with Gasteiger partial charge in [-0.2, -0.15) is 0 Å². The molecule has 0 fully saturated rings. The summed E-state index contributed by atoms with van der Waals surface area (Å²) in [5, 5.41) is 0.721. The van der Waals surface area contributed by atoms with E-state index in [1.807, 2.05) is 32.1 Å². The van der Waals surface area contributed by atoms with E-state index in [1.54, 1.807) is 6.07 Å². The standard InChI is InChI=1S/C18H19FN4/c1-22(2)15-6-4-5-13(9-15)11-23(3)18-16-10-14(19)7-8-17(16)20-12-21-18/h4-10,12H,11H2,1-3H3. The Balaban J connectivity index is 1.93. The minimum Gasteiger partial charge on any atom is -0.378 e. The van der Waals surface area contributed by atoms with Crippen molar-refractivity contribution in [2.24, 2.45) is 0 Å². The summed E-state index contributed by atoms with van der Waals surface area (Å²) in [5.74, 6) is 0.446. The van der Waals surface area contributed by atoms with Crippen LogP contribution in [-0.2, 0) is 6.54 Å². The fraction of sp³-hybridized carbons (Fsp3) is 0.222. The molecule has 0 aliphatic heterocycles. The Morgan fingerprint density at radius 1 is 1.00 bits per heavy atom. The van der Waals surface area contributed by atoms with E-state index in [9.17, 15) is 4.39 Å². The molecular formula is C18H19FN4. The Bertz CT molecular complexity index is 832. The smallest absolute Gasteiger partial charge is 0.140 e. The van der Waals surface area contributed by atoms with Gasteiger partial charge in [-0.1, -0.05) is 12.1 Å². The number of rotatable bonds is 4. The van der Waals surface area contributed by atoms with Crippen molar-refractivity contribution >= 4 is 22.4 Å². The van der Waals surface area contributed by atoms with Crippen molar-refractivity contribution in [3.05, 3.63) is 60.2 Å². The first-order valence-corrected chi connectivity index (χ1v) is 7.42. The van der Waals surface area contributed by atoms with Crippen molar-refractivity contribution in [3.8, 4) is 0 Å². The van der Waals surface area contributed by atoms with E-state index < -0.39 is 0 Å². The van der Waals surface area contributed by atoms with Crippen LogP contribution in [0.5, 0.6) is 0 Å². The largest absolute Gasteiger partial charge is 0.378 e. The van der Waals surface area contributed by atoms with Crippen molar-refractivity contribution in [2.45, 2.75) is 6.54 Å². The highest BCUT2D eigenvalue weighted by molar-refractivity contribution is 5.89. The van der Waals surface area contributed by atoms with E-state index in [0.717, 1.165) is 22.4 Å². The number of hydrogen-bond donors (Lipinski definition) is 0. The van der Waals surface area contributed by atoms with Gasteiger partial charge in [0.25, 0.3) is 0 Å². The summed E-state index contributed by atoms with van der Waals surface area (Å²) in [6.45, 7) is 0.685. The topological polar surface area (TPSA) is 32.3 Å². The van der Waals surface area contributed by atoms with Gasteiger partial charge in [-0.25, -0.2) is 14.4 Å². The minimum absolute atomic E-state index is 0.281. The molecule has 0 amide bonds. The van der Waals surface area contributed by atoms with Crippen molar-refractivity contribution in [3.63, 3.8) is 0 Å². The average molecular weight is 310 g/mol. The van der Waals surface area contributed by atoms with Crippen LogP contribution in [0.2, 0.25) is 0 Å². The fourth-order valence-electron chi connectivity index (χ4n) is 2.60. The van der Waals surface area contributed by atoms with Crippen LogP contribution in [-0.4, -0.2) is 31.1 Å². The molecule has 0 aliphatic rings. The lowest BCUT2D eigenvalue weighted by Gasteiger charge is -2.21. The Morgan fingerprint density at radius 2 is 1.83 bits per heavy atom. The molecule has 0 radical (unpaired) electrons. The molecule has 0 unspecified atom stereocenters. The maximum Gasteiger partial charge on any atom is 0.140 e.